The molecule has 0 atom stereocenters. The van der Waals surface area contributed by atoms with Crippen molar-refractivity contribution in [3.8, 4) is 0 Å². The van der Waals surface area contributed by atoms with E-state index in [0.717, 1.165) is 10.5 Å². The molecule has 0 radical (unpaired) electrons. The number of piperazine rings is 1. The van der Waals surface area contributed by atoms with E-state index in [1.807, 2.05) is 31.2 Å². The summed E-state index contributed by atoms with van der Waals surface area (Å²) in [5, 5.41) is 11.7. The largest absolute Gasteiger partial charge is 0.339 e. The Kier molecular flexibility index (Phi) is 6.56. The minimum Gasteiger partial charge on any atom is -0.339 e. The number of benzene rings is 2. The van der Waals surface area contributed by atoms with E-state index in [1.165, 1.54) is 24.8 Å². The number of carbonyl (C=O) groups is 2. The van der Waals surface area contributed by atoms with Crippen molar-refractivity contribution >= 4 is 34.8 Å². The second kappa shape index (κ2) is 9.13. The van der Waals surface area contributed by atoms with Gasteiger partial charge in [0.15, 0.2) is 0 Å². The van der Waals surface area contributed by atoms with Gasteiger partial charge in [-0.2, -0.15) is 0 Å². The smallest absolute Gasteiger partial charge is 0.283 e. The Morgan fingerprint density at radius 1 is 1.03 bits per heavy atom. The van der Waals surface area contributed by atoms with E-state index in [4.69, 9.17) is 0 Å². The lowest BCUT2D eigenvalue weighted by atomic mass is 10.1. The first-order valence-corrected chi connectivity index (χ1v) is 10.4. The number of hydrogen-bond acceptors (Lipinski definition) is 5. The molecule has 1 heterocycles. The Labute approximate surface area is 179 Å². The van der Waals surface area contributed by atoms with Gasteiger partial charge in [-0.25, -0.2) is 0 Å². The quantitative estimate of drug-likeness (QED) is 0.414. The van der Waals surface area contributed by atoms with Gasteiger partial charge in [-0.05, 0) is 30.2 Å². The van der Waals surface area contributed by atoms with Gasteiger partial charge in [0.1, 0.15) is 0 Å². The van der Waals surface area contributed by atoms with Crippen LogP contribution in [0.15, 0.2) is 58.8 Å². The van der Waals surface area contributed by atoms with Gasteiger partial charge in [-0.1, -0.05) is 42.6 Å². The van der Waals surface area contributed by atoms with E-state index in [9.17, 15) is 19.7 Å². The van der Waals surface area contributed by atoms with Gasteiger partial charge in [0.05, 0.1) is 9.82 Å². The molecule has 0 aliphatic carbocycles. The van der Waals surface area contributed by atoms with Crippen LogP contribution in [-0.4, -0.2) is 52.7 Å². The molecule has 0 saturated carbocycles. The summed E-state index contributed by atoms with van der Waals surface area (Å²) in [6.45, 7) is 9.12. The summed E-state index contributed by atoms with van der Waals surface area (Å²) >= 11 is 1.32. The molecular weight excluding hydrogens is 402 g/mol. The van der Waals surface area contributed by atoms with Crippen molar-refractivity contribution in [2.45, 2.75) is 23.6 Å². The minimum atomic E-state index is -0.437. The van der Waals surface area contributed by atoms with Gasteiger partial charge < -0.3 is 9.80 Å². The number of hydrogen-bond donors (Lipinski definition) is 0. The highest BCUT2D eigenvalue weighted by Gasteiger charge is 2.26. The predicted octanol–water partition coefficient (Wildman–Crippen LogP) is 3.76. The molecule has 0 aromatic heterocycles. The van der Waals surface area contributed by atoms with Crippen molar-refractivity contribution in [2.75, 3.05) is 26.2 Å². The third-order valence-electron chi connectivity index (χ3n) is 5.09. The number of aryl methyl sites for hydroxylation is 1. The van der Waals surface area contributed by atoms with Crippen molar-refractivity contribution in [3.63, 3.8) is 0 Å². The highest BCUT2D eigenvalue weighted by Crippen LogP contribution is 2.37. The average Bonchev–Trinajstić information content (AvgIpc) is 2.74. The number of nitrogens with zero attached hydrogens (tertiary/aromatic N) is 3. The molecular formula is C22H23N3O4S. The summed E-state index contributed by atoms with van der Waals surface area (Å²) in [5.41, 5.74) is 1.61. The van der Waals surface area contributed by atoms with Crippen molar-refractivity contribution in [1.82, 2.24) is 9.80 Å². The number of rotatable bonds is 5. The summed E-state index contributed by atoms with van der Waals surface area (Å²) in [6.07, 6.45) is 0. The van der Waals surface area contributed by atoms with E-state index >= 15 is 0 Å². The van der Waals surface area contributed by atoms with E-state index in [2.05, 4.69) is 6.58 Å². The summed E-state index contributed by atoms with van der Waals surface area (Å²) in [7, 11) is 0. The Bertz CT molecular complexity index is 1010. The maximum atomic E-state index is 12.8. The van der Waals surface area contributed by atoms with Crippen LogP contribution in [0.4, 0.5) is 5.69 Å². The number of carbonyl (C=O) groups excluding carboxylic acids is 2. The topological polar surface area (TPSA) is 83.8 Å². The summed E-state index contributed by atoms with van der Waals surface area (Å²) < 4.78 is 0. The van der Waals surface area contributed by atoms with Crippen LogP contribution in [0, 0.1) is 17.0 Å². The van der Waals surface area contributed by atoms with E-state index < -0.39 is 4.92 Å². The second-order valence-electron chi connectivity index (χ2n) is 7.08. The molecule has 30 heavy (non-hydrogen) atoms. The average molecular weight is 426 g/mol. The van der Waals surface area contributed by atoms with E-state index in [-0.39, 0.29) is 23.1 Å². The number of nitro benzene ring substituents is 1. The van der Waals surface area contributed by atoms with Crippen molar-refractivity contribution in [2.24, 2.45) is 0 Å². The molecule has 1 saturated heterocycles. The van der Waals surface area contributed by atoms with Gasteiger partial charge >= 0.3 is 0 Å². The van der Waals surface area contributed by atoms with Gasteiger partial charge in [0, 0.05) is 49.6 Å². The van der Waals surface area contributed by atoms with Gasteiger partial charge in [0.25, 0.3) is 11.6 Å². The van der Waals surface area contributed by atoms with Crippen LogP contribution in [-0.2, 0) is 9.59 Å². The highest BCUT2D eigenvalue weighted by molar-refractivity contribution is 7.99. The molecule has 1 aliphatic rings. The fraction of sp³-hybridized carbons (Fsp3) is 0.273. The Morgan fingerprint density at radius 2 is 1.67 bits per heavy atom. The van der Waals surface area contributed by atoms with Crippen LogP contribution in [0.25, 0.3) is 5.57 Å². The SMILES string of the molecule is C=C(C(=O)N1CCN(C(C)=O)CC1)c1ccc(Sc2ccccc2C)c([N+](=O)[O-])c1. The first-order valence-electron chi connectivity index (χ1n) is 9.54. The van der Waals surface area contributed by atoms with Crippen molar-refractivity contribution < 1.29 is 14.5 Å². The van der Waals surface area contributed by atoms with Crippen LogP contribution in [0.2, 0.25) is 0 Å². The molecule has 2 amide bonds. The van der Waals surface area contributed by atoms with Gasteiger partial charge in [0.2, 0.25) is 5.91 Å². The third-order valence-corrected chi connectivity index (χ3v) is 6.33. The van der Waals surface area contributed by atoms with Crippen molar-refractivity contribution in [3.05, 3.63) is 70.3 Å². The van der Waals surface area contributed by atoms with Crippen LogP contribution < -0.4 is 0 Å². The molecule has 1 fully saturated rings. The maximum Gasteiger partial charge on any atom is 0.283 e. The number of nitro groups is 1. The minimum absolute atomic E-state index is 0.0155. The lowest BCUT2D eigenvalue weighted by molar-refractivity contribution is -0.387. The lowest BCUT2D eigenvalue weighted by Gasteiger charge is -2.34. The van der Waals surface area contributed by atoms with Gasteiger partial charge in [-0.15, -0.1) is 0 Å². The molecule has 1 aliphatic heterocycles. The molecule has 7 nitrogen and oxygen atoms in total. The van der Waals surface area contributed by atoms with E-state index in [0.29, 0.717) is 36.6 Å². The Morgan fingerprint density at radius 3 is 2.27 bits per heavy atom. The zero-order chi connectivity index (χ0) is 21.8. The first-order chi connectivity index (χ1) is 14.3. The van der Waals surface area contributed by atoms with Gasteiger partial charge in [-0.3, -0.25) is 19.7 Å². The summed E-state index contributed by atoms with van der Waals surface area (Å²) in [6, 6.07) is 12.4. The van der Waals surface area contributed by atoms with E-state index in [1.54, 1.807) is 21.9 Å². The normalized spacial score (nSPS) is 13.8. The summed E-state index contributed by atoms with van der Waals surface area (Å²) in [5.74, 6) is -0.287. The monoisotopic (exact) mass is 425 g/mol. The zero-order valence-electron chi connectivity index (χ0n) is 17.0. The molecule has 2 aromatic carbocycles. The van der Waals surface area contributed by atoms with Crippen LogP contribution >= 0.6 is 11.8 Å². The molecule has 8 heteroatoms. The number of amides is 2. The fourth-order valence-corrected chi connectivity index (χ4v) is 4.25. The maximum absolute atomic E-state index is 12.8. The van der Waals surface area contributed by atoms with Crippen LogP contribution in [0.1, 0.15) is 18.1 Å². The predicted molar refractivity (Wildman–Crippen MR) is 116 cm³/mol. The molecule has 156 valence electrons. The molecule has 0 N–H and O–H groups in total. The third kappa shape index (κ3) is 4.71. The molecule has 2 aromatic rings. The summed E-state index contributed by atoms with van der Waals surface area (Å²) in [4.78, 5) is 40.3. The molecule has 3 rings (SSSR count). The lowest BCUT2D eigenvalue weighted by Crippen LogP contribution is -2.50. The highest BCUT2D eigenvalue weighted by atomic mass is 32.2. The second-order valence-corrected chi connectivity index (χ2v) is 8.17. The van der Waals surface area contributed by atoms with Crippen LogP contribution in [0.5, 0.6) is 0 Å². The standard InChI is InChI=1S/C22H23N3O4S/c1-15-6-4-5-7-20(15)30-21-9-8-18(14-19(21)25(28)29)16(2)22(27)24-12-10-23(11-13-24)17(3)26/h4-9,14H,2,10-13H2,1,3H3. The Balaban J connectivity index is 1.79. The fourth-order valence-electron chi connectivity index (χ4n) is 3.26. The van der Waals surface area contributed by atoms with Crippen molar-refractivity contribution in [1.29, 1.82) is 0 Å². The first kappa shape index (κ1) is 21.6. The molecule has 0 bridgehead atoms. The molecule has 0 spiro atoms. The Hall–Kier alpha value is -3.13. The molecule has 0 unspecified atom stereocenters. The zero-order valence-corrected chi connectivity index (χ0v) is 17.8. The van der Waals surface area contributed by atoms with Crippen LogP contribution in [0.3, 0.4) is 0 Å².